The average molecular weight is 485 g/mol. The maximum atomic E-state index is 10.5. The van der Waals surface area contributed by atoms with Crippen molar-refractivity contribution in [3.8, 4) is 22.3 Å². The van der Waals surface area contributed by atoms with Crippen molar-refractivity contribution >= 4 is 33.5 Å². The van der Waals surface area contributed by atoms with Crippen molar-refractivity contribution < 1.29 is 13.0 Å². The molecule has 0 aliphatic heterocycles. The van der Waals surface area contributed by atoms with Crippen molar-refractivity contribution in [3.05, 3.63) is 121 Å². The second-order valence-electron chi connectivity index (χ2n) is 7.89. The predicted molar refractivity (Wildman–Crippen MR) is 143 cm³/mol. The first-order chi connectivity index (χ1) is 16.3. The third kappa shape index (κ3) is 5.39. The molecule has 0 bridgehead atoms. The summed E-state index contributed by atoms with van der Waals surface area (Å²) in [5.74, 6) is 0. The van der Waals surface area contributed by atoms with Gasteiger partial charge in [-0.3, -0.25) is 4.55 Å². The second-order valence-corrected chi connectivity index (χ2v) is 9.76. The SMILES string of the molecule is Cc1ccc(S(=O)(=O)O)cc1.Sc1c(-c2ccccc2)c(-c2ccccc2)cc2ccccc12. The van der Waals surface area contributed by atoms with Crippen LogP contribution in [-0.4, -0.2) is 13.0 Å². The minimum absolute atomic E-state index is 0.0666. The van der Waals surface area contributed by atoms with E-state index in [1.165, 1.54) is 45.2 Å². The van der Waals surface area contributed by atoms with Crippen molar-refractivity contribution in [2.45, 2.75) is 16.7 Å². The summed E-state index contributed by atoms with van der Waals surface area (Å²) in [6, 6.07) is 37.7. The first-order valence-electron chi connectivity index (χ1n) is 10.7. The average Bonchev–Trinajstić information content (AvgIpc) is 2.85. The van der Waals surface area contributed by atoms with Crippen molar-refractivity contribution in [3.63, 3.8) is 0 Å². The summed E-state index contributed by atoms with van der Waals surface area (Å²) in [7, 11) is -4.02. The minimum atomic E-state index is -4.02. The lowest BCUT2D eigenvalue weighted by atomic mass is 9.91. The molecule has 170 valence electrons. The van der Waals surface area contributed by atoms with E-state index in [-0.39, 0.29) is 4.90 Å². The van der Waals surface area contributed by atoms with Gasteiger partial charge in [-0.25, -0.2) is 0 Å². The van der Waals surface area contributed by atoms with Crippen LogP contribution in [-0.2, 0) is 10.1 Å². The van der Waals surface area contributed by atoms with E-state index >= 15 is 0 Å². The maximum absolute atomic E-state index is 10.5. The Morgan fingerprint density at radius 3 is 1.79 bits per heavy atom. The topological polar surface area (TPSA) is 54.4 Å². The van der Waals surface area contributed by atoms with Crippen molar-refractivity contribution in [2.24, 2.45) is 0 Å². The summed E-state index contributed by atoms with van der Waals surface area (Å²) in [5.41, 5.74) is 5.78. The van der Waals surface area contributed by atoms with E-state index in [9.17, 15) is 8.42 Å². The van der Waals surface area contributed by atoms with Crippen LogP contribution in [0, 0.1) is 6.92 Å². The normalized spacial score (nSPS) is 11.0. The Labute approximate surface area is 205 Å². The molecule has 0 saturated carbocycles. The zero-order chi connectivity index (χ0) is 24.1. The molecule has 3 nitrogen and oxygen atoms in total. The van der Waals surface area contributed by atoms with E-state index < -0.39 is 10.1 Å². The molecule has 0 radical (unpaired) electrons. The fourth-order valence-electron chi connectivity index (χ4n) is 3.78. The lowest BCUT2D eigenvalue weighted by Gasteiger charge is -2.16. The number of fused-ring (bicyclic) bond motifs is 1. The highest BCUT2D eigenvalue weighted by Crippen LogP contribution is 2.41. The van der Waals surface area contributed by atoms with Crippen LogP contribution in [0.3, 0.4) is 0 Å². The zero-order valence-electron chi connectivity index (χ0n) is 18.6. The summed E-state index contributed by atoms with van der Waals surface area (Å²) in [5, 5.41) is 2.41. The molecule has 5 rings (SSSR count). The quantitative estimate of drug-likeness (QED) is 0.204. The van der Waals surface area contributed by atoms with Gasteiger partial charge in [-0.2, -0.15) is 8.42 Å². The van der Waals surface area contributed by atoms with Crippen LogP contribution in [0.2, 0.25) is 0 Å². The fraction of sp³-hybridized carbons (Fsp3) is 0.0345. The van der Waals surface area contributed by atoms with Crippen LogP contribution in [0.1, 0.15) is 5.56 Å². The van der Waals surface area contributed by atoms with Gasteiger partial charge >= 0.3 is 0 Å². The molecule has 0 unspecified atom stereocenters. The van der Waals surface area contributed by atoms with Gasteiger partial charge in [0.1, 0.15) is 0 Å². The molecule has 0 fully saturated rings. The highest BCUT2D eigenvalue weighted by atomic mass is 32.2. The number of rotatable bonds is 3. The maximum Gasteiger partial charge on any atom is 0.294 e. The van der Waals surface area contributed by atoms with E-state index in [2.05, 4.69) is 78.9 Å². The standard InChI is InChI=1S/C22H16S.C7H8O3S/c23-22-19-14-8-7-13-18(19)15-20(16-9-3-1-4-10-16)21(22)17-11-5-2-6-12-17;1-6-2-4-7(5-3-6)11(8,9)10/h1-15,23H;2-5H,1H3,(H,8,9,10). The Balaban J connectivity index is 0.000000210. The summed E-state index contributed by atoms with van der Waals surface area (Å²) in [6.45, 7) is 1.84. The number of hydrogen-bond acceptors (Lipinski definition) is 3. The third-order valence-electron chi connectivity index (χ3n) is 5.49. The molecule has 34 heavy (non-hydrogen) atoms. The number of thiol groups is 1. The Hall–Kier alpha value is -3.38. The third-order valence-corrected chi connectivity index (χ3v) is 6.82. The van der Waals surface area contributed by atoms with E-state index in [0.717, 1.165) is 10.5 Å². The summed E-state index contributed by atoms with van der Waals surface area (Å²) >= 11 is 4.90. The molecule has 5 aromatic carbocycles. The van der Waals surface area contributed by atoms with E-state index in [0.29, 0.717) is 0 Å². The van der Waals surface area contributed by atoms with Crippen LogP contribution in [0.25, 0.3) is 33.0 Å². The molecule has 0 aliphatic carbocycles. The molecule has 1 N–H and O–H groups in total. The smallest absolute Gasteiger partial charge is 0.282 e. The van der Waals surface area contributed by atoms with Gasteiger partial charge in [0.05, 0.1) is 4.90 Å². The molecular formula is C29H24O3S2. The van der Waals surface area contributed by atoms with Crippen LogP contribution >= 0.6 is 12.6 Å². The summed E-state index contributed by atoms with van der Waals surface area (Å²) in [6.07, 6.45) is 0. The van der Waals surface area contributed by atoms with Gasteiger partial charge in [-0.15, -0.1) is 12.6 Å². The monoisotopic (exact) mass is 484 g/mol. The summed E-state index contributed by atoms with van der Waals surface area (Å²) < 4.78 is 29.6. The lowest BCUT2D eigenvalue weighted by molar-refractivity contribution is 0.483. The lowest BCUT2D eigenvalue weighted by Crippen LogP contribution is -1.96. The van der Waals surface area contributed by atoms with E-state index in [4.69, 9.17) is 17.2 Å². The fourth-order valence-corrected chi connectivity index (χ4v) is 4.71. The van der Waals surface area contributed by atoms with Gasteiger partial charge in [0.15, 0.2) is 0 Å². The molecule has 0 aromatic heterocycles. The van der Waals surface area contributed by atoms with Crippen LogP contribution in [0.15, 0.2) is 125 Å². The van der Waals surface area contributed by atoms with Crippen molar-refractivity contribution in [1.82, 2.24) is 0 Å². The van der Waals surface area contributed by atoms with Crippen LogP contribution in [0.5, 0.6) is 0 Å². The first-order valence-corrected chi connectivity index (χ1v) is 12.6. The van der Waals surface area contributed by atoms with Gasteiger partial charge in [0.2, 0.25) is 0 Å². The predicted octanol–water partition coefficient (Wildman–Crippen LogP) is 7.70. The van der Waals surface area contributed by atoms with E-state index in [1.54, 1.807) is 12.1 Å². The van der Waals surface area contributed by atoms with Crippen molar-refractivity contribution in [1.29, 1.82) is 0 Å². The molecule has 0 spiro atoms. The largest absolute Gasteiger partial charge is 0.294 e. The first kappa shape index (κ1) is 23.8. The van der Waals surface area contributed by atoms with Crippen molar-refractivity contribution in [2.75, 3.05) is 0 Å². The van der Waals surface area contributed by atoms with Gasteiger partial charge in [-0.05, 0) is 52.6 Å². The Bertz CT molecular complexity index is 1510. The minimum Gasteiger partial charge on any atom is -0.282 e. The molecule has 0 atom stereocenters. The van der Waals surface area contributed by atoms with Gasteiger partial charge in [-0.1, -0.05) is 103 Å². The Morgan fingerprint density at radius 2 is 1.21 bits per heavy atom. The molecule has 0 heterocycles. The molecular weight excluding hydrogens is 460 g/mol. The molecule has 5 aromatic rings. The number of hydrogen-bond donors (Lipinski definition) is 2. The Kier molecular flexibility index (Phi) is 7.17. The van der Waals surface area contributed by atoms with Gasteiger partial charge in [0.25, 0.3) is 10.1 Å². The molecule has 0 aliphatic rings. The Morgan fingerprint density at radius 1 is 0.676 bits per heavy atom. The van der Waals surface area contributed by atoms with E-state index in [1.807, 2.05) is 19.1 Å². The summed E-state index contributed by atoms with van der Waals surface area (Å²) in [4.78, 5) is 0.969. The second kappa shape index (κ2) is 10.3. The highest BCUT2D eigenvalue weighted by Gasteiger charge is 2.14. The highest BCUT2D eigenvalue weighted by molar-refractivity contribution is 7.85. The van der Waals surface area contributed by atoms with Gasteiger partial charge in [0, 0.05) is 10.5 Å². The number of aryl methyl sites for hydroxylation is 1. The van der Waals surface area contributed by atoms with Crippen LogP contribution < -0.4 is 0 Å². The van der Waals surface area contributed by atoms with Gasteiger partial charge < -0.3 is 0 Å². The number of benzene rings is 5. The molecule has 0 amide bonds. The van der Waals surface area contributed by atoms with Crippen LogP contribution in [0.4, 0.5) is 0 Å². The molecule has 5 heteroatoms. The molecule has 0 saturated heterocycles. The zero-order valence-corrected chi connectivity index (χ0v) is 20.3.